The van der Waals surface area contributed by atoms with Crippen LogP contribution in [-0.2, 0) is 4.79 Å². The fourth-order valence-corrected chi connectivity index (χ4v) is 2.60. The van der Waals surface area contributed by atoms with E-state index in [0.717, 1.165) is 18.6 Å². The van der Waals surface area contributed by atoms with Crippen LogP contribution in [0.15, 0.2) is 29.4 Å². The second kappa shape index (κ2) is 7.20. The van der Waals surface area contributed by atoms with Crippen molar-refractivity contribution in [1.82, 2.24) is 5.43 Å². The summed E-state index contributed by atoms with van der Waals surface area (Å²) in [6.45, 7) is 3.99. The number of carbonyl (C=O) groups excluding carboxylic acids is 1. The molecule has 1 aromatic rings. The van der Waals surface area contributed by atoms with E-state index in [9.17, 15) is 9.18 Å². The van der Waals surface area contributed by atoms with Crippen LogP contribution >= 0.6 is 0 Å². The molecule has 1 aromatic carbocycles. The van der Waals surface area contributed by atoms with Gasteiger partial charge in [0.2, 0.25) is 0 Å². The van der Waals surface area contributed by atoms with Crippen LogP contribution < -0.4 is 10.2 Å². The minimum absolute atomic E-state index is 0.0692. The maximum absolute atomic E-state index is 13.3. The quantitative estimate of drug-likeness (QED) is 0.867. The molecule has 5 heteroatoms. The zero-order valence-corrected chi connectivity index (χ0v) is 12.4. The third-order valence-electron chi connectivity index (χ3n) is 3.79. The fourth-order valence-electron chi connectivity index (χ4n) is 2.60. The average molecular weight is 292 g/mol. The Bertz CT molecular complexity index is 519. The Hall–Kier alpha value is -1.91. The van der Waals surface area contributed by atoms with Gasteiger partial charge in [-0.25, -0.2) is 9.82 Å². The van der Waals surface area contributed by atoms with Crippen molar-refractivity contribution in [3.63, 3.8) is 0 Å². The van der Waals surface area contributed by atoms with Crippen LogP contribution in [0, 0.1) is 17.7 Å². The van der Waals surface area contributed by atoms with Crippen LogP contribution in [0.3, 0.4) is 0 Å². The Morgan fingerprint density at radius 3 is 2.67 bits per heavy atom. The number of amides is 1. The van der Waals surface area contributed by atoms with Crippen molar-refractivity contribution >= 4 is 11.6 Å². The van der Waals surface area contributed by atoms with Gasteiger partial charge in [-0.15, -0.1) is 0 Å². The number of benzene rings is 1. The molecule has 0 bridgehead atoms. The van der Waals surface area contributed by atoms with E-state index < -0.39 is 5.82 Å². The first-order chi connectivity index (χ1) is 10.1. The van der Waals surface area contributed by atoms with Gasteiger partial charge in [-0.1, -0.05) is 32.4 Å². The summed E-state index contributed by atoms with van der Waals surface area (Å²) >= 11 is 0. The lowest BCUT2D eigenvalue weighted by atomic mass is 9.81. The van der Waals surface area contributed by atoms with E-state index in [1.807, 2.05) is 0 Å². The van der Waals surface area contributed by atoms with Gasteiger partial charge in [0.15, 0.2) is 18.2 Å². The Balaban J connectivity index is 1.86. The molecule has 0 radical (unpaired) electrons. The number of para-hydroxylation sites is 1. The Morgan fingerprint density at radius 1 is 1.33 bits per heavy atom. The van der Waals surface area contributed by atoms with E-state index in [4.69, 9.17) is 4.74 Å². The van der Waals surface area contributed by atoms with Crippen LogP contribution in [0.25, 0.3) is 0 Å². The van der Waals surface area contributed by atoms with Gasteiger partial charge in [0.25, 0.3) is 5.91 Å². The molecular weight excluding hydrogens is 271 g/mol. The summed E-state index contributed by atoms with van der Waals surface area (Å²) in [5, 5.41) is 4.22. The third-order valence-corrected chi connectivity index (χ3v) is 3.79. The zero-order chi connectivity index (χ0) is 15.2. The molecule has 0 saturated heterocycles. The molecule has 1 fully saturated rings. The molecule has 0 aliphatic heterocycles. The minimum Gasteiger partial charge on any atom is -0.481 e. The van der Waals surface area contributed by atoms with Crippen molar-refractivity contribution in [2.45, 2.75) is 33.1 Å². The lowest BCUT2D eigenvalue weighted by molar-refractivity contribution is -0.123. The summed E-state index contributed by atoms with van der Waals surface area (Å²) in [7, 11) is 0. The minimum atomic E-state index is -0.480. The molecule has 0 unspecified atom stereocenters. The highest BCUT2D eigenvalue weighted by Crippen LogP contribution is 2.25. The van der Waals surface area contributed by atoms with Gasteiger partial charge in [0, 0.05) is 5.71 Å². The SMILES string of the molecule is C[C@H]1CCC[C@H](C)C1=NNC(=O)COc1ccccc1F. The number of hydrazone groups is 1. The fraction of sp³-hybridized carbons (Fsp3) is 0.500. The summed E-state index contributed by atoms with van der Waals surface area (Å²) in [4.78, 5) is 11.7. The van der Waals surface area contributed by atoms with Crippen molar-refractivity contribution in [2.24, 2.45) is 16.9 Å². The summed E-state index contributed by atoms with van der Waals surface area (Å²) < 4.78 is 18.5. The van der Waals surface area contributed by atoms with E-state index >= 15 is 0 Å². The molecule has 4 nitrogen and oxygen atoms in total. The molecule has 0 spiro atoms. The molecule has 1 saturated carbocycles. The number of hydrogen-bond acceptors (Lipinski definition) is 3. The van der Waals surface area contributed by atoms with Crippen LogP contribution in [0.1, 0.15) is 33.1 Å². The van der Waals surface area contributed by atoms with Crippen LogP contribution in [0.2, 0.25) is 0 Å². The summed E-state index contributed by atoms with van der Waals surface area (Å²) in [5.74, 6) is -0.00959. The van der Waals surface area contributed by atoms with Crippen molar-refractivity contribution in [2.75, 3.05) is 6.61 Å². The monoisotopic (exact) mass is 292 g/mol. The van der Waals surface area contributed by atoms with Gasteiger partial charge in [-0.3, -0.25) is 4.79 Å². The lowest BCUT2D eigenvalue weighted by Crippen LogP contribution is -2.31. The summed E-state index contributed by atoms with van der Waals surface area (Å²) in [5.41, 5.74) is 3.53. The van der Waals surface area contributed by atoms with Gasteiger partial charge >= 0.3 is 0 Å². The molecular formula is C16H21FN2O2. The Kier molecular flexibility index (Phi) is 5.31. The highest BCUT2D eigenvalue weighted by molar-refractivity contribution is 5.90. The molecule has 1 N–H and O–H groups in total. The van der Waals surface area contributed by atoms with Crippen LogP contribution in [0.5, 0.6) is 5.75 Å². The second-order valence-electron chi connectivity index (χ2n) is 5.52. The predicted octanol–water partition coefficient (Wildman–Crippen LogP) is 3.13. The third kappa shape index (κ3) is 4.28. The number of rotatable bonds is 4. The maximum Gasteiger partial charge on any atom is 0.277 e. The van der Waals surface area contributed by atoms with Crippen molar-refractivity contribution in [3.05, 3.63) is 30.1 Å². The number of ether oxygens (including phenoxy) is 1. The average Bonchev–Trinajstić information content (AvgIpc) is 2.46. The van der Waals surface area contributed by atoms with Gasteiger partial charge in [-0.2, -0.15) is 5.10 Å². The van der Waals surface area contributed by atoms with Crippen molar-refractivity contribution in [3.8, 4) is 5.75 Å². The van der Waals surface area contributed by atoms with Crippen LogP contribution in [-0.4, -0.2) is 18.2 Å². The zero-order valence-electron chi connectivity index (χ0n) is 12.4. The number of nitrogens with one attached hydrogen (secondary N) is 1. The van der Waals surface area contributed by atoms with E-state index in [-0.39, 0.29) is 18.3 Å². The summed E-state index contributed by atoms with van der Waals surface area (Å²) in [6, 6.07) is 6.00. The standard InChI is InChI=1S/C16H21FN2O2/c1-11-6-5-7-12(2)16(11)19-18-15(20)10-21-14-9-4-3-8-13(14)17/h3-4,8-9,11-12H,5-7,10H2,1-2H3,(H,18,20)/t11-,12-/m0/s1. The highest BCUT2D eigenvalue weighted by atomic mass is 19.1. The van der Waals surface area contributed by atoms with Gasteiger partial charge < -0.3 is 4.74 Å². The Morgan fingerprint density at radius 2 is 2.00 bits per heavy atom. The molecule has 1 amide bonds. The number of carbonyl (C=O) groups is 1. The number of halogens is 1. The number of hydrogen-bond donors (Lipinski definition) is 1. The smallest absolute Gasteiger partial charge is 0.277 e. The first-order valence-electron chi connectivity index (χ1n) is 7.31. The molecule has 0 heterocycles. The first-order valence-corrected chi connectivity index (χ1v) is 7.31. The molecule has 2 atom stereocenters. The van der Waals surface area contributed by atoms with E-state index in [1.54, 1.807) is 12.1 Å². The van der Waals surface area contributed by atoms with Crippen LogP contribution in [0.4, 0.5) is 4.39 Å². The van der Waals surface area contributed by atoms with Crippen molar-refractivity contribution < 1.29 is 13.9 Å². The molecule has 21 heavy (non-hydrogen) atoms. The highest BCUT2D eigenvalue weighted by Gasteiger charge is 2.23. The molecule has 1 aliphatic carbocycles. The van der Waals surface area contributed by atoms with Gasteiger partial charge in [0.05, 0.1) is 0 Å². The lowest BCUT2D eigenvalue weighted by Gasteiger charge is -2.26. The summed E-state index contributed by atoms with van der Waals surface area (Å²) in [6.07, 6.45) is 3.40. The first kappa shape index (κ1) is 15.5. The molecule has 2 rings (SSSR count). The number of nitrogens with zero attached hydrogens (tertiary/aromatic N) is 1. The van der Waals surface area contributed by atoms with Gasteiger partial charge in [-0.05, 0) is 36.8 Å². The molecule has 0 aromatic heterocycles. The largest absolute Gasteiger partial charge is 0.481 e. The molecule has 114 valence electrons. The van der Waals surface area contributed by atoms with E-state index in [0.29, 0.717) is 11.8 Å². The second-order valence-corrected chi connectivity index (χ2v) is 5.52. The Labute approximate surface area is 124 Å². The topological polar surface area (TPSA) is 50.7 Å². The van der Waals surface area contributed by atoms with Crippen molar-refractivity contribution in [1.29, 1.82) is 0 Å². The molecule has 1 aliphatic rings. The maximum atomic E-state index is 13.3. The van der Waals surface area contributed by atoms with E-state index in [1.165, 1.54) is 18.6 Å². The predicted molar refractivity (Wildman–Crippen MR) is 79.7 cm³/mol. The normalized spacial score (nSPS) is 21.8. The van der Waals surface area contributed by atoms with Gasteiger partial charge in [0.1, 0.15) is 0 Å². The van der Waals surface area contributed by atoms with E-state index in [2.05, 4.69) is 24.4 Å².